The molecule has 8 nitrogen and oxygen atoms in total. The molecule has 1 amide bonds. The second-order valence-electron chi connectivity index (χ2n) is 9.62. The van der Waals surface area contributed by atoms with E-state index in [4.69, 9.17) is 17.3 Å². The Hall–Kier alpha value is -4.70. The van der Waals surface area contributed by atoms with E-state index < -0.39 is 5.60 Å². The van der Waals surface area contributed by atoms with E-state index in [0.29, 0.717) is 43.6 Å². The van der Waals surface area contributed by atoms with E-state index in [1.165, 1.54) is 17.5 Å². The van der Waals surface area contributed by atoms with Crippen molar-refractivity contribution in [3.63, 3.8) is 0 Å². The Balaban J connectivity index is 1.70. The number of nitrogens with two attached hydrogens (primary N) is 1. The second kappa shape index (κ2) is 11.7. The number of hydrogen-bond donors (Lipinski definition) is 3. The molecule has 4 N–H and O–H groups in total. The van der Waals surface area contributed by atoms with Gasteiger partial charge in [0.1, 0.15) is 0 Å². The molecule has 1 atom stereocenters. The largest absolute Gasteiger partial charge is 0.403 e. The van der Waals surface area contributed by atoms with Gasteiger partial charge in [-0.1, -0.05) is 48.5 Å². The quantitative estimate of drug-likeness (QED) is 0.212. The van der Waals surface area contributed by atoms with Crippen molar-refractivity contribution in [2.75, 3.05) is 12.4 Å². The van der Waals surface area contributed by atoms with E-state index in [0.717, 1.165) is 10.9 Å². The van der Waals surface area contributed by atoms with Gasteiger partial charge in [0.25, 0.3) is 11.5 Å². The zero-order valence-corrected chi connectivity index (χ0v) is 24.5. The summed E-state index contributed by atoms with van der Waals surface area (Å²) in [7, 11) is 3.43. The third kappa shape index (κ3) is 5.21. The fraction of sp³-hybridized carbons (Fsp3) is 0.0938. The van der Waals surface area contributed by atoms with Crippen molar-refractivity contribution < 1.29 is 9.90 Å². The van der Waals surface area contributed by atoms with Crippen LogP contribution < -0.4 is 16.6 Å². The number of likely N-dealkylation sites (N-methyl/N-ethyl adjacent to an activating group) is 1. The van der Waals surface area contributed by atoms with Gasteiger partial charge in [-0.3, -0.25) is 14.9 Å². The van der Waals surface area contributed by atoms with Gasteiger partial charge in [-0.05, 0) is 64.9 Å². The summed E-state index contributed by atoms with van der Waals surface area (Å²) in [6, 6.07) is 20.8. The lowest BCUT2D eigenvalue weighted by atomic mass is 9.81. The van der Waals surface area contributed by atoms with Crippen LogP contribution in [0.1, 0.15) is 21.5 Å². The predicted molar refractivity (Wildman–Crippen MR) is 169 cm³/mol. The van der Waals surface area contributed by atoms with Crippen molar-refractivity contribution in [2.45, 2.75) is 5.60 Å². The maximum atomic E-state index is 12.9. The fourth-order valence-electron chi connectivity index (χ4n) is 4.95. The minimum Gasteiger partial charge on any atom is -0.403 e. The number of halogens is 1. The molecule has 1 unspecified atom stereocenters. The van der Waals surface area contributed by atoms with Crippen molar-refractivity contribution in [3.8, 4) is 11.1 Å². The number of carbonyl (C=O) groups is 1. The second-order valence-corrected chi connectivity index (χ2v) is 11.0. The van der Waals surface area contributed by atoms with Crippen molar-refractivity contribution >= 4 is 44.9 Å². The van der Waals surface area contributed by atoms with Crippen LogP contribution in [0.3, 0.4) is 0 Å². The Kier molecular flexibility index (Phi) is 8.00. The molecule has 42 heavy (non-hydrogen) atoms. The first-order valence-electron chi connectivity index (χ1n) is 12.9. The van der Waals surface area contributed by atoms with Crippen LogP contribution in [0.15, 0.2) is 114 Å². The zero-order valence-electron chi connectivity index (χ0n) is 22.9. The molecule has 3 aromatic carbocycles. The van der Waals surface area contributed by atoms with Crippen LogP contribution in [0.2, 0.25) is 5.02 Å². The highest BCUT2D eigenvalue weighted by Crippen LogP contribution is 2.40. The maximum Gasteiger partial charge on any atom is 0.257 e. The normalized spacial score (nSPS) is 13.0. The van der Waals surface area contributed by atoms with Crippen molar-refractivity contribution in [3.05, 3.63) is 141 Å². The van der Waals surface area contributed by atoms with Crippen LogP contribution in [0.25, 0.3) is 22.0 Å². The van der Waals surface area contributed by atoms with Crippen LogP contribution in [0, 0.1) is 0 Å². The fourth-order valence-corrected chi connectivity index (χ4v) is 5.67. The first-order chi connectivity index (χ1) is 20.2. The molecule has 10 heteroatoms. The highest BCUT2D eigenvalue weighted by molar-refractivity contribution is 7.13. The molecule has 5 rings (SSSR count). The molecule has 0 saturated carbocycles. The minimum atomic E-state index is -1.77. The minimum absolute atomic E-state index is 0.180. The summed E-state index contributed by atoms with van der Waals surface area (Å²) in [6.45, 7) is 3.85. The summed E-state index contributed by atoms with van der Waals surface area (Å²) >= 11 is 7.61. The van der Waals surface area contributed by atoms with E-state index in [1.807, 2.05) is 18.2 Å². The van der Waals surface area contributed by atoms with Crippen molar-refractivity contribution in [1.82, 2.24) is 14.5 Å². The number of aliphatic hydroxyl groups is 1. The Morgan fingerprint density at radius 1 is 1.14 bits per heavy atom. The molecule has 2 aromatic heterocycles. The number of nitrogens with zero attached hydrogens (tertiary/aromatic N) is 3. The predicted octanol–water partition coefficient (Wildman–Crippen LogP) is 5.68. The number of rotatable bonds is 8. The third-order valence-electron chi connectivity index (χ3n) is 7.20. The van der Waals surface area contributed by atoms with Gasteiger partial charge < -0.3 is 20.3 Å². The smallest absolute Gasteiger partial charge is 0.257 e. The number of aryl methyl sites for hydroxylation is 1. The van der Waals surface area contributed by atoms with Gasteiger partial charge in [0.05, 0.1) is 11.2 Å². The molecule has 0 aliphatic carbocycles. The first kappa shape index (κ1) is 28.8. The number of thiazole rings is 1. The Morgan fingerprint density at radius 2 is 1.88 bits per heavy atom. The average Bonchev–Trinajstić information content (AvgIpc) is 3.52. The molecule has 0 aliphatic heterocycles. The van der Waals surface area contributed by atoms with Crippen LogP contribution in [-0.2, 0) is 12.6 Å². The number of aromatic nitrogens is 2. The molecule has 212 valence electrons. The summed E-state index contributed by atoms with van der Waals surface area (Å²) < 4.78 is 1.55. The van der Waals surface area contributed by atoms with Crippen molar-refractivity contribution in [2.24, 2.45) is 12.8 Å². The Morgan fingerprint density at radius 3 is 2.52 bits per heavy atom. The van der Waals surface area contributed by atoms with E-state index in [9.17, 15) is 14.7 Å². The molecule has 0 bridgehead atoms. The average molecular weight is 598 g/mol. The number of carbonyl (C=O) groups excluding carboxylic acids is 1. The molecule has 0 spiro atoms. The SMILES string of the molecule is C=CN(C)/C(=C\N)C(O)(c1ccc(C(=O)Nc2nccs2)cc1)c1ccc2c(c1)c(-c1cccc(Cl)c1)cc(=O)n2C. The molecular formula is C32H28ClN5O3S. The van der Waals surface area contributed by atoms with Gasteiger partial charge in [0.2, 0.25) is 0 Å². The monoisotopic (exact) mass is 597 g/mol. The topological polar surface area (TPSA) is 113 Å². The van der Waals surface area contributed by atoms with Crippen LogP contribution in [-0.4, -0.2) is 32.5 Å². The van der Waals surface area contributed by atoms with Gasteiger partial charge in [0, 0.05) is 53.9 Å². The van der Waals surface area contributed by atoms with Gasteiger partial charge in [-0.15, -0.1) is 11.3 Å². The van der Waals surface area contributed by atoms with Gasteiger partial charge in [-0.25, -0.2) is 4.98 Å². The van der Waals surface area contributed by atoms with Gasteiger partial charge >= 0.3 is 0 Å². The van der Waals surface area contributed by atoms with E-state index in [-0.39, 0.29) is 11.5 Å². The number of amides is 1. The van der Waals surface area contributed by atoms with Crippen LogP contribution in [0.5, 0.6) is 0 Å². The Labute approximate surface area is 251 Å². The number of benzene rings is 3. The van der Waals surface area contributed by atoms with Crippen molar-refractivity contribution in [1.29, 1.82) is 0 Å². The maximum absolute atomic E-state index is 12.9. The van der Waals surface area contributed by atoms with Gasteiger partial charge in [-0.2, -0.15) is 0 Å². The van der Waals surface area contributed by atoms with Crippen LogP contribution >= 0.6 is 22.9 Å². The number of nitrogens with one attached hydrogen (secondary N) is 1. The summed E-state index contributed by atoms with van der Waals surface area (Å²) in [4.78, 5) is 31.4. The molecule has 2 heterocycles. The molecule has 0 aliphatic rings. The number of anilines is 1. The Bertz CT molecular complexity index is 1880. The number of pyridine rings is 1. The van der Waals surface area contributed by atoms with Crippen LogP contribution in [0.4, 0.5) is 5.13 Å². The summed E-state index contributed by atoms with van der Waals surface area (Å²) in [6.07, 6.45) is 4.48. The van der Waals surface area contributed by atoms with E-state index in [2.05, 4.69) is 16.9 Å². The lowest BCUT2D eigenvalue weighted by Gasteiger charge is -2.36. The highest BCUT2D eigenvalue weighted by Gasteiger charge is 2.38. The van der Waals surface area contributed by atoms with E-state index >= 15 is 0 Å². The molecule has 0 fully saturated rings. The lowest BCUT2D eigenvalue weighted by Crippen LogP contribution is -2.37. The zero-order chi connectivity index (χ0) is 30.0. The summed E-state index contributed by atoms with van der Waals surface area (Å²) in [5.41, 5.74) is 7.96. The van der Waals surface area contributed by atoms with E-state index in [1.54, 1.807) is 95.9 Å². The molecule has 0 saturated heterocycles. The summed E-state index contributed by atoms with van der Waals surface area (Å²) in [5.74, 6) is -0.323. The number of hydrogen-bond acceptors (Lipinski definition) is 7. The lowest BCUT2D eigenvalue weighted by molar-refractivity contribution is 0.0964. The molecule has 5 aromatic rings. The molecular weight excluding hydrogens is 570 g/mol. The molecule has 0 radical (unpaired) electrons. The standard InChI is InChI=1S/C32H28ClN5O3S/c1-4-37(2)28(19-34)32(41,22-10-8-20(9-11-22)30(40)36-31-35-14-15-42-31)23-12-13-27-26(17-23)25(18-29(39)38(27)3)21-6-5-7-24(33)16-21/h4-19,41H,1,34H2,2-3H3,(H,35,36,40)/b28-19-. The number of fused-ring (bicyclic) bond motifs is 1. The first-order valence-corrected chi connectivity index (χ1v) is 14.1. The third-order valence-corrected chi connectivity index (χ3v) is 8.12. The highest BCUT2D eigenvalue weighted by atomic mass is 35.5. The van der Waals surface area contributed by atoms with Gasteiger partial charge in [0.15, 0.2) is 10.7 Å². The summed E-state index contributed by atoms with van der Waals surface area (Å²) in [5, 5.41) is 18.9.